The molecule has 0 spiro atoms. The number of aliphatic carboxylic acids is 1. The number of anilines is 1. The van der Waals surface area contributed by atoms with Crippen LogP contribution in [0.5, 0.6) is 0 Å². The highest BCUT2D eigenvalue weighted by molar-refractivity contribution is 5.98. The molecule has 1 heterocycles. The van der Waals surface area contributed by atoms with E-state index in [-0.39, 0.29) is 11.7 Å². The third-order valence-corrected chi connectivity index (χ3v) is 4.07. The monoisotopic (exact) mass is 333 g/mol. The normalized spacial score (nSPS) is 12.0. The lowest BCUT2D eigenvalue weighted by molar-refractivity contribution is -0.146. The fraction of sp³-hybridized carbons (Fsp3) is 0.353. The molecule has 2 N–H and O–H groups in total. The second kappa shape index (κ2) is 6.07. The number of carbonyl (C=O) groups is 2. The van der Waals surface area contributed by atoms with Crippen LogP contribution in [0.1, 0.15) is 33.3 Å². The average molecular weight is 333 g/mol. The molecule has 6 nitrogen and oxygen atoms in total. The van der Waals surface area contributed by atoms with Crippen LogP contribution in [0.25, 0.3) is 0 Å². The maximum atomic E-state index is 13.0. The van der Waals surface area contributed by atoms with E-state index in [1.54, 1.807) is 26.0 Å². The van der Waals surface area contributed by atoms with Crippen molar-refractivity contribution in [1.29, 1.82) is 0 Å². The quantitative estimate of drug-likeness (QED) is 0.881. The summed E-state index contributed by atoms with van der Waals surface area (Å²) >= 11 is 0. The van der Waals surface area contributed by atoms with E-state index in [0.29, 0.717) is 11.3 Å². The van der Waals surface area contributed by atoms with Gasteiger partial charge < -0.3 is 10.4 Å². The predicted octanol–water partition coefficient (Wildman–Crippen LogP) is 2.76. The average Bonchev–Trinajstić information content (AvgIpc) is 2.96. The molecule has 2 rings (SSSR count). The summed E-state index contributed by atoms with van der Waals surface area (Å²) < 4.78 is 14.3. The van der Waals surface area contributed by atoms with Gasteiger partial charge in [0.05, 0.1) is 17.3 Å². The molecular formula is C17H20FN3O3. The van der Waals surface area contributed by atoms with Crippen molar-refractivity contribution in [2.24, 2.45) is 0 Å². The summed E-state index contributed by atoms with van der Waals surface area (Å²) in [7, 11) is 0. The lowest BCUT2D eigenvalue weighted by Gasteiger charge is -2.24. The lowest BCUT2D eigenvalue weighted by atomic mass is 9.83. The zero-order valence-electron chi connectivity index (χ0n) is 14.0. The Bertz CT molecular complexity index is 764. The molecule has 0 aliphatic carbocycles. The number of nitrogens with zero attached hydrogens (tertiary/aromatic N) is 2. The fourth-order valence-electron chi connectivity index (χ4n) is 2.08. The molecule has 1 aromatic carbocycles. The van der Waals surface area contributed by atoms with Crippen LogP contribution in [0.3, 0.4) is 0 Å². The molecule has 0 aliphatic heterocycles. The van der Waals surface area contributed by atoms with Crippen LogP contribution >= 0.6 is 0 Å². The van der Waals surface area contributed by atoms with Crippen molar-refractivity contribution in [3.8, 4) is 0 Å². The SMILES string of the molecule is CC(C)(C(=O)Nc1cnn(C(C)(C)C(=O)O)c1)c1ccc(F)cc1. The molecule has 0 radical (unpaired) electrons. The summed E-state index contributed by atoms with van der Waals surface area (Å²) in [5.74, 6) is -1.70. The third kappa shape index (κ3) is 3.29. The van der Waals surface area contributed by atoms with Crippen LogP contribution in [-0.2, 0) is 20.5 Å². The van der Waals surface area contributed by atoms with Crippen LogP contribution in [-0.4, -0.2) is 26.8 Å². The number of carboxylic acids is 1. The Kier molecular flexibility index (Phi) is 4.46. The largest absolute Gasteiger partial charge is 0.479 e. The number of rotatable bonds is 5. The Morgan fingerprint density at radius 1 is 1.17 bits per heavy atom. The van der Waals surface area contributed by atoms with Gasteiger partial charge in [0.2, 0.25) is 5.91 Å². The Labute approximate surface area is 139 Å². The summed E-state index contributed by atoms with van der Waals surface area (Å²) in [6, 6.07) is 5.73. The molecule has 0 aliphatic rings. The molecule has 1 aromatic heterocycles. The van der Waals surface area contributed by atoms with Crippen molar-refractivity contribution >= 4 is 17.6 Å². The number of carboxylic acid groups (broad SMARTS) is 1. The zero-order valence-corrected chi connectivity index (χ0v) is 14.0. The first kappa shape index (κ1) is 17.7. The first-order valence-electron chi connectivity index (χ1n) is 7.41. The predicted molar refractivity (Wildman–Crippen MR) is 87.2 cm³/mol. The van der Waals surface area contributed by atoms with Gasteiger partial charge in [-0.2, -0.15) is 5.10 Å². The Balaban J connectivity index is 2.19. The van der Waals surface area contributed by atoms with E-state index in [1.165, 1.54) is 43.1 Å². The molecule has 24 heavy (non-hydrogen) atoms. The van der Waals surface area contributed by atoms with E-state index in [2.05, 4.69) is 10.4 Å². The van der Waals surface area contributed by atoms with E-state index in [9.17, 15) is 19.1 Å². The van der Waals surface area contributed by atoms with Gasteiger partial charge in [-0.05, 0) is 45.4 Å². The van der Waals surface area contributed by atoms with Gasteiger partial charge in [-0.3, -0.25) is 9.48 Å². The van der Waals surface area contributed by atoms with E-state index in [0.717, 1.165) is 0 Å². The number of halogens is 1. The molecule has 0 unspecified atom stereocenters. The maximum Gasteiger partial charge on any atom is 0.331 e. The molecule has 0 saturated carbocycles. The number of nitrogens with one attached hydrogen (secondary N) is 1. The van der Waals surface area contributed by atoms with E-state index >= 15 is 0 Å². The maximum absolute atomic E-state index is 13.0. The second-order valence-electron chi connectivity index (χ2n) is 6.62. The van der Waals surface area contributed by atoms with Gasteiger partial charge in [0.1, 0.15) is 5.82 Å². The molecule has 2 aromatic rings. The van der Waals surface area contributed by atoms with Crippen molar-refractivity contribution in [3.63, 3.8) is 0 Å². The van der Waals surface area contributed by atoms with Crippen LogP contribution in [0.2, 0.25) is 0 Å². The van der Waals surface area contributed by atoms with Gasteiger partial charge >= 0.3 is 5.97 Å². The van der Waals surface area contributed by atoms with Crippen LogP contribution in [0.4, 0.5) is 10.1 Å². The first-order chi connectivity index (χ1) is 11.0. The number of aromatic nitrogens is 2. The number of amides is 1. The van der Waals surface area contributed by atoms with Crippen molar-refractivity contribution in [3.05, 3.63) is 48.0 Å². The van der Waals surface area contributed by atoms with Gasteiger partial charge in [-0.1, -0.05) is 12.1 Å². The number of hydrogen-bond donors (Lipinski definition) is 2. The minimum Gasteiger partial charge on any atom is -0.479 e. The van der Waals surface area contributed by atoms with Crippen molar-refractivity contribution < 1.29 is 19.1 Å². The summed E-state index contributed by atoms with van der Waals surface area (Å²) in [4.78, 5) is 23.8. The zero-order chi connectivity index (χ0) is 18.1. The molecule has 0 fully saturated rings. The van der Waals surface area contributed by atoms with Gasteiger partial charge in [0.25, 0.3) is 0 Å². The second-order valence-corrected chi connectivity index (χ2v) is 6.62. The molecule has 0 saturated heterocycles. The van der Waals surface area contributed by atoms with Crippen molar-refractivity contribution in [1.82, 2.24) is 9.78 Å². The molecule has 7 heteroatoms. The standard InChI is InChI=1S/C17H20FN3O3/c1-16(2,11-5-7-12(18)8-6-11)14(22)20-13-9-19-21(10-13)17(3,4)15(23)24/h5-10H,1-4H3,(H,20,22)(H,23,24). The van der Waals surface area contributed by atoms with E-state index in [1.807, 2.05) is 0 Å². The van der Waals surface area contributed by atoms with Crippen LogP contribution in [0, 0.1) is 5.82 Å². The number of hydrogen-bond acceptors (Lipinski definition) is 3. The smallest absolute Gasteiger partial charge is 0.331 e. The highest BCUT2D eigenvalue weighted by atomic mass is 19.1. The first-order valence-corrected chi connectivity index (χ1v) is 7.41. The number of carbonyl (C=O) groups excluding carboxylic acids is 1. The Morgan fingerprint density at radius 2 is 1.75 bits per heavy atom. The van der Waals surface area contributed by atoms with Gasteiger partial charge in [-0.15, -0.1) is 0 Å². The highest BCUT2D eigenvalue weighted by Gasteiger charge is 2.32. The Hall–Kier alpha value is -2.70. The molecule has 128 valence electrons. The molecule has 0 bridgehead atoms. The van der Waals surface area contributed by atoms with Gasteiger partial charge in [0, 0.05) is 6.20 Å². The van der Waals surface area contributed by atoms with Crippen molar-refractivity contribution in [2.45, 2.75) is 38.6 Å². The molecular weight excluding hydrogens is 313 g/mol. The lowest BCUT2D eigenvalue weighted by Crippen LogP contribution is -2.36. The topological polar surface area (TPSA) is 84.2 Å². The summed E-state index contributed by atoms with van der Waals surface area (Å²) in [5, 5.41) is 15.9. The van der Waals surface area contributed by atoms with Gasteiger partial charge in [0.15, 0.2) is 5.54 Å². The number of benzene rings is 1. The third-order valence-electron chi connectivity index (χ3n) is 4.07. The van der Waals surface area contributed by atoms with Crippen LogP contribution in [0.15, 0.2) is 36.7 Å². The van der Waals surface area contributed by atoms with Crippen LogP contribution < -0.4 is 5.32 Å². The summed E-state index contributed by atoms with van der Waals surface area (Å²) in [6.07, 6.45) is 2.86. The summed E-state index contributed by atoms with van der Waals surface area (Å²) in [6.45, 7) is 6.47. The van der Waals surface area contributed by atoms with E-state index in [4.69, 9.17) is 0 Å². The molecule has 1 amide bonds. The molecule has 0 atom stereocenters. The minimum absolute atomic E-state index is 0.304. The highest BCUT2D eigenvalue weighted by Crippen LogP contribution is 2.26. The van der Waals surface area contributed by atoms with E-state index < -0.39 is 16.9 Å². The van der Waals surface area contributed by atoms with Crippen molar-refractivity contribution in [2.75, 3.05) is 5.32 Å². The fourth-order valence-corrected chi connectivity index (χ4v) is 2.08. The summed E-state index contributed by atoms with van der Waals surface area (Å²) in [5.41, 5.74) is -1.06. The van der Waals surface area contributed by atoms with Gasteiger partial charge in [-0.25, -0.2) is 9.18 Å². The Morgan fingerprint density at radius 3 is 2.29 bits per heavy atom. The minimum atomic E-state index is -1.23.